The molecule has 0 aliphatic carbocycles. The third-order valence-corrected chi connectivity index (χ3v) is 3.68. The van der Waals surface area contributed by atoms with E-state index in [0.29, 0.717) is 18.1 Å². The number of fused-ring (bicyclic) bond motifs is 1. The molecule has 0 fully saturated rings. The molecule has 24 heavy (non-hydrogen) atoms. The fourth-order valence-corrected chi connectivity index (χ4v) is 2.42. The minimum Gasteiger partial charge on any atom is -0.481 e. The van der Waals surface area contributed by atoms with Crippen LogP contribution in [0.1, 0.15) is 18.2 Å². The minimum absolute atomic E-state index is 0.0656. The number of aliphatic hydroxyl groups excluding tert-OH is 1. The zero-order valence-corrected chi connectivity index (χ0v) is 13.4. The Labute approximate surface area is 139 Å². The summed E-state index contributed by atoms with van der Waals surface area (Å²) in [7, 11) is 0. The van der Waals surface area contributed by atoms with Crippen LogP contribution in [0.4, 0.5) is 0 Å². The summed E-state index contributed by atoms with van der Waals surface area (Å²) in [5, 5.41) is 12.9. The largest absolute Gasteiger partial charge is 0.481 e. The standard InChI is InChI=1S/C19H19NO4/c1-13(23-16-7-4-5-14(9-16)12-21)19(22)20-11-17-10-15-6-2-3-8-18(15)24-17/h2-10,13,21H,11-12H2,1H3,(H,20,22). The van der Waals surface area contributed by atoms with E-state index in [2.05, 4.69) is 5.32 Å². The molecular formula is C19H19NO4. The van der Waals surface area contributed by atoms with E-state index < -0.39 is 6.10 Å². The molecule has 0 saturated heterocycles. The lowest BCUT2D eigenvalue weighted by Crippen LogP contribution is -2.35. The summed E-state index contributed by atoms with van der Waals surface area (Å²) in [6.45, 7) is 1.92. The maximum absolute atomic E-state index is 12.2. The Bertz CT molecular complexity index is 807. The first-order chi connectivity index (χ1) is 11.7. The molecule has 5 heteroatoms. The molecule has 1 atom stereocenters. The van der Waals surface area contributed by atoms with Gasteiger partial charge in [-0.15, -0.1) is 0 Å². The van der Waals surface area contributed by atoms with Crippen LogP contribution >= 0.6 is 0 Å². The van der Waals surface area contributed by atoms with Gasteiger partial charge in [-0.1, -0.05) is 30.3 Å². The maximum atomic E-state index is 12.2. The highest BCUT2D eigenvalue weighted by Crippen LogP contribution is 2.19. The number of hydrogen-bond donors (Lipinski definition) is 2. The van der Waals surface area contributed by atoms with Crippen LogP contribution < -0.4 is 10.1 Å². The molecule has 1 heterocycles. The van der Waals surface area contributed by atoms with Crippen molar-refractivity contribution in [3.63, 3.8) is 0 Å². The number of furan rings is 1. The lowest BCUT2D eigenvalue weighted by atomic mass is 10.2. The Kier molecular flexibility index (Phi) is 4.82. The number of aliphatic hydroxyl groups is 1. The molecule has 3 rings (SSSR count). The highest BCUT2D eigenvalue weighted by Gasteiger charge is 2.15. The normalized spacial score (nSPS) is 12.1. The lowest BCUT2D eigenvalue weighted by molar-refractivity contribution is -0.127. The second-order valence-corrected chi connectivity index (χ2v) is 5.53. The van der Waals surface area contributed by atoms with Crippen LogP contribution in [0, 0.1) is 0 Å². The molecule has 0 radical (unpaired) electrons. The van der Waals surface area contributed by atoms with Crippen molar-refractivity contribution in [2.75, 3.05) is 0 Å². The summed E-state index contributed by atoms with van der Waals surface area (Å²) in [6, 6.07) is 16.6. The van der Waals surface area contributed by atoms with Crippen molar-refractivity contribution >= 4 is 16.9 Å². The second kappa shape index (κ2) is 7.19. The molecule has 2 aromatic carbocycles. The van der Waals surface area contributed by atoms with Crippen molar-refractivity contribution in [2.24, 2.45) is 0 Å². The van der Waals surface area contributed by atoms with Crippen LogP contribution in [0.3, 0.4) is 0 Å². The van der Waals surface area contributed by atoms with Crippen molar-refractivity contribution < 1.29 is 19.1 Å². The van der Waals surface area contributed by atoms with E-state index in [9.17, 15) is 4.79 Å². The average molecular weight is 325 g/mol. The Morgan fingerprint density at radius 1 is 1.21 bits per heavy atom. The molecule has 5 nitrogen and oxygen atoms in total. The quantitative estimate of drug-likeness (QED) is 0.731. The fourth-order valence-electron chi connectivity index (χ4n) is 2.42. The van der Waals surface area contributed by atoms with Crippen molar-refractivity contribution in [1.82, 2.24) is 5.32 Å². The van der Waals surface area contributed by atoms with Crippen LogP contribution in [-0.4, -0.2) is 17.1 Å². The molecule has 1 aromatic heterocycles. The number of benzene rings is 2. The third kappa shape index (κ3) is 3.75. The van der Waals surface area contributed by atoms with Gasteiger partial charge in [0.1, 0.15) is 17.1 Å². The molecule has 0 aliphatic rings. The molecule has 0 saturated carbocycles. The van der Waals surface area contributed by atoms with Crippen molar-refractivity contribution in [1.29, 1.82) is 0 Å². The van der Waals surface area contributed by atoms with Gasteiger partial charge in [-0.2, -0.15) is 0 Å². The number of carbonyl (C=O) groups excluding carboxylic acids is 1. The first-order valence-electron chi connectivity index (χ1n) is 7.77. The van der Waals surface area contributed by atoms with Crippen molar-refractivity contribution in [3.8, 4) is 5.75 Å². The predicted molar refractivity (Wildman–Crippen MR) is 90.5 cm³/mol. The first kappa shape index (κ1) is 16.1. The highest BCUT2D eigenvalue weighted by molar-refractivity contribution is 5.81. The number of para-hydroxylation sites is 1. The summed E-state index contributed by atoms with van der Waals surface area (Å²) in [5.74, 6) is 1.01. The van der Waals surface area contributed by atoms with E-state index in [4.69, 9.17) is 14.3 Å². The van der Waals surface area contributed by atoms with Crippen LogP contribution in [0.15, 0.2) is 59.0 Å². The monoisotopic (exact) mass is 325 g/mol. The van der Waals surface area contributed by atoms with Gasteiger partial charge in [0.15, 0.2) is 6.10 Å². The highest BCUT2D eigenvalue weighted by atomic mass is 16.5. The van der Waals surface area contributed by atoms with E-state index in [1.54, 1.807) is 31.2 Å². The zero-order chi connectivity index (χ0) is 16.9. The lowest BCUT2D eigenvalue weighted by Gasteiger charge is -2.14. The second-order valence-electron chi connectivity index (χ2n) is 5.53. The summed E-state index contributed by atoms with van der Waals surface area (Å²) >= 11 is 0. The predicted octanol–water partition coefficient (Wildman–Crippen LogP) is 3.01. The number of nitrogens with one attached hydrogen (secondary N) is 1. The maximum Gasteiger partial charge on any atom is 0.261 e. The summed E-state index contributed by atoms with van der Waals surface area (Å²) < 4.78 is 11.3. The van der Waals surface area contributed by atoms with E-state index in [1.165, 1.54) is 0 Å². The molecule has 124 valence electrons. The van der Waals surface area contributed by atoms with Gasteiger partial charge in [0, 0.05) is 5.39 Å². The number of ether oxygens (including phenoxy) is 1. The van der Waals surface area contributed by atoms with Gasteiger partial charge in [-0.3, -0.25) is 4.79 Å². The van der Waals surface area contributed by atoms with E-state index in [-0.39, 0.29) is 12.5 Å². The van der Waals surface area contributed by atoms with Crippen molar-refractivity contribution in [3.05, 3.63) is 65.9 Å². The van der Waals surface area contributed by atoms with E-state index in [0.717, 1.165) is 16.5 Å². The van der Waals surface area contributed by atoms with Gasteiger partial charge < -0.3 is 19.6 Å². The number of carbonyl (C=O) groups is 1. The van der Waals surface area contributed by atoms with Gasteiger partial charge in [0.2, 0.25) is 0 Å². The van der Waals surface area contributed by atoms with E-state index >= 15 is 0 Å². The SMILES string of the molecule is CC(Oc1cccc(CO)c1)C(=O)NCc1cc2ccccc2o1. The number of amides is 1. The van der Waals surface area contributed by atoms with Crippen molar-refractivity contribution in [2.45, 2.75) is 26.2 Å². The van der Waals surface area contributed by atoms with Gasteiger partial charge in [0.25, 0.3) is 5.91 Å². The molecule has 1 unspecified atom stereocenters. The molecule has 0 aliphatic heterocycles. The van der Waals surface area contributed by atoms with E-state index in [1.807, 2.05) is 30.3 Å². The van der Waals surface area contributed by atoms with Crippen LogP contribution in [0.5, 0.6) is 5.75 Å². The summed E-state index contributed by atoms with van der Waals surface area (Å²) in [6.07, 6.45) is -0.650. The average Bonchev–Trinajstić information content (AvgIpc) is 3.02. The Balaban J connectivity index is 1.57. The first-order valence-corrected chi connectivity index (χ1v) is 7.77. The fraction of sp³-hybridized carbons (Fsp3) is 0.211. The van der Waals surface area contributed by atoms with Gasteiger partial charge in [-0.05, 0) is 36.8 Å². The van der Waals surface area contributed by atoms with Gasteiger partial charge in [0.05, 0.1) is 13.2 Å². The number of hydrogen-bond acceptors (Lipinski definition) is 4. The summed E-state index contributed by atoms with van der Waals surface area (Å²) in [5.41, 5.74) is 1.54. The zero-order valence-electron chi connectivity index (χ0n) is 13.4. The number of rotatable bonds is 6. The van der Waals surface area contributed by atoms with Gasteiger partial charge in [-0.25, -0.2) is 0 Å². The smallest absolute Gasteiger partial charge is 0.261 e. The van der Waals surface area contributed by atoms with Crippen LogP contribution in [0.25, 0.3) is 11.0 Å². The Morgan fingerprint density at radius 3 is 2.83 bits per heavy atom. The minimum atomic E-state index is -0.650. The van der Waals surface area contributed by atoms with Crippen LogP contribution in [-0.2, 0) is 17.9 Å². The van der Waals surface area contributed by atoms with Gasteiger partial charge >= 0.3 is 0 Å². The molecule has 3 aromatic rings. The molecule has 0 bridgehead atoms. The molecule has 1 amide bonds. The molecule has 2 N–H and O–H groups in total. The summed E-state index contributed by atoms with van der Waals surface area (Å²) in [4.78, 5) is 12.2. The topological polar surface area (TPSA) is 71.7 Å². The third-order valence-electron chi connectivity index (χ3n) is 3.68. The Hall–Kier alpha value is -2.79. The molecular weight excluding hydrogens is 306 g/mol. The Morgan fingerprint density at radius 2 is 2.04 bits per heavy atom. The van der Waals surface area contributed by atoms with Crippen LogP contribution in [0.2, 0.25) is 0 Å². The molecule has 0 spiro atoms.